The number of halogens is 4. The molecular formula is C10H8F4N2O2S2. The Hall–Kier alpha value is -1.42. The highest BCUT2D eigenvalue weighted by molar-refractivity contribution is 7.82. The van der Waals surface area contributed by atoms with Crippen LogP contribution in [0.2, 0.25) is 0 Å². The summed E-state index contributed by atoms with van der Waals surface area (Å²) in [6.07, 6.45) is -1.50. The number of fused-ring (bicyclic) bond motifs is 1. The van der Waals surface area contributed by atoms with E-state index in [9.17, 15) is 17.6 Å². The molecule has 0 aliphatic heterocycles. The van der Waals surface area contributed by atoms with E-state index in [1.165, 1.54) is 11.3 Å². The monoisotopic (exact) mass is 328 g/mol. The minimum absolute atomic E-state index is 0.353. The number of aliphatic carboxylic acids is 1. The summed E-state index contributed by atoms with van der Waals surface area (Å²) < 4.78 is 47.2. The van der Waals surface area contributed by atoms with Gasteiger partial charge in [-0.05, 0) is 0 Å². The molecule has 0 fully saturated rings. The predicted molar refractivity (Wildman–Crippen MR) is 64.1 cm³/mol. The molecule has 4 nitrogen and oxygen atoms in total. The lowest BCUT2D eigenvalue weighted by Gasteiger charge is -2.03. The Labute approximate surface area is 120 Å². The first-order chi connectivity index (χ1) is 9.24. The summed E-state index contributed by atoms with van der Waals surface area (Å²) in [4.78, 5) is 13.0. The average molecular weight is 328 g/mol. The lowest BCUT2D eigenvalue weighted by Crippen LogP contribution is -2.37. The van der Waals surface area contributed by atoms with Crippen LogP contribution in [0.3, 0.4) is 0 Å². The Balaban J connectivity index is 0.000000246. The first-order valence-electron chi connectivity index (χ1n) is 5.06. The second kappa shape index (κ2) is 6.84. The second-order valence-corrected chi connectivity index (χ2v) is 5.16. The number of aromatic nitrogens is 2. The zero-order valence-corrected chi connectivity index (χ0v) is 11.4. The Morgan fingerprint density at radius 2 is 2.10 bits per heavy atom. The molecule has 0 aromatic carbocycles. The van der Waals surface area contributed by atoms with Crippen LogP contribution in [0.15, 0.2) is 22.8 Å². The maximum absolute atomic E-state index is 12.0. The van der Waals surface area contributed by atoms with E-state index in [4.69, 9.17) is 9.90 Å². The smallest absolute Gasteiger partial charge is 0.430 e. The third-order valence-electron chi connectivity index (χ3n) is 1.95. The van der Waals surface area contributed by atoms with Crippen LogP contribution in [0.1, 0.15) is 0 Å². The van der Waals surface area contributed by atoms with Gasteiger partial charge in [-0.3, -0.25) is 0 Å². The molecule has 110 valence electrons. The van der Waals surface area contributed by atoms with Crippen LogP contribution in [-0.2, 0) is 11.3 Å². The molecule has 0 aliphatic carbocycles. The number of thiazole rings is 1. The quantitative estimate of drug-likeness (QED) is 0.511. The van der Waals surface area contributed by atoms with Gasteiger partial charge in [0.25, 0.3) is 0 Å². The van der Waals surface area contributed by atoms with Crippen molar-refractivity contribution in [2.75, 3.05) is 6.67 Å². The Morgan fingerprint density at radius 3 is 2.60 bits per heavy atom. The van der Waals surface area contributed by atoms with E-state index in [0.29, 0.717) is 6.54 Å². The number of carboxylic acid groups (broad SMARTS) is 1. The molecule has 0 aliphatic rings. The predicted octanol–water partition coefficient (Wildman–Crippen LogP) is 1.14. The van der Waals surface area contributed by atoms with Gasteiger partial charge in [0.15, 0.2) is 18.9 Å². The fourth-order valence-electron chi connectivity index (χ4n) is 1.14. The van der Waals surface area contributed by atoms with Crippen molar-refractivity contribution in [3.8, 4) is 0 Å². The minimum atomic E-state index is -5.19. The Morgan fingerprint density at radius 1 is 1.50 bits per heavy atom. The third kappa shape index (κ3) is 4.93. The zero-order chi connectivity index (χ0) is 15.3. The van der Waals surface area contributed by atoms with Crippen molar-refractivity contribution < 1.29 is 32.0 Å². The maximum atomic E-state index is 12.0. The summed E-state index contributed by atoms with van der Waals surface area (Å²) in [5.41, 5.74) is 0.881. The van der Waals surface area contributed by atoms with Gasteiger partial charge in [-0.1, -0.05) is 0 Å². The Bertz CT molecular complexity index is 600. The number of hydrogen-bond acceptors (Lipinski definition) is 5. The van der Waals surface area contributed by atoms with Crippen LogP contribution in [0.5, 0.6) is 0 Å². The van der Waals surface area contributed by atoms with Gasteiger partial charge in [-0.25, -0.2) is 13.9 Å². The molecule has 2 rings (SSSR count). The van der Waals surface area contributed by atoms with E-state index in [0.717, 1.165) is 14.6 Å². The van der Waals surface area contributed by atoms with Crippen LogP contribution in [0.25, 0.3) is 10.2 Å². The molecular weight excluding hydrogens is 320 g/mol. The van der Waals surface area contributed by atoms with Gasteiger partial charge in [0.1, 0.15) is 22.5 Å². The number of carbonyl (C=O) groups excluding carboxylic acids is 1. The molecule has 20 heavy (non-hydrogen) atoms. The molecule has 0 radical (unpaired) electrons. The lowest BCUT2D eigenvalue weighted by atomic mass is 10.4. The third-order valence-corrected chi connectivity index (χ3v) is 3.16. The summed E-state index contributed by atoms with van der Waals surface area (Å²) in [6.45, 7) is 0.0312. The molecule has 0 bridgehead atoms. The first-order valence-corrected chi connectivity index (χ1v) is 6.33. The van der Waals surface area contributed by atoms with Gasteiger partial charge in [0.2, 0.25) is 0 Å². The van der Waals surface area contributed by atoms with Crippen molar-refractivity contribution in [2.45, 2.75) is 17.1 Å². The molecule has 10 heteroatoms. The highest BCUT2D eigenvalue weighted by Crippen LogP contribution is 2.22. The number of carboxylic acids is 1. The van der Waals surface area contributed by atoms with E-state index in [1.807, 2.05) is 18.5 Å². The van der Waals surface area contributed by atoms with E-state index in [1.54, 1.807) is 4.57 Å². The van der Waals surface area contributed by atoms with Gasteiger partial charge in [0, 0.05) is 6.07 Å². The number of pyridine rings is 1. The topological polar surface area (TPSA) is 56.9 Å². The summed E-state index contributed by atoms with van der Waals surface area (Å²) >= 11 is 5.68. The van der Waals surface area contributed by atoms with E-state index in [-0.39, 0.29) is 6.67 Å². The highest BCUT2D eigenvalue weighted by Gasteiger charge is 2.28. The maximum Gasteiger partial charge on any atom is 0.430 e. The Kier molecular flexibility index (Phi) is 5.69. The number of thiol groups is 1. The van der Waals surface area contributed by atoms with Crippen LogP contribution in [0.4, 0.5) is 17.6 Å². The molecule has 0 amide bonds. The normalized spacial score (nSPS) is 11.1. The fraction of sp³-hybridized carbons (Fsp3) is 0.300. The molecule has 0 atom stereocenters. The lowest BCUT2D eigenvalue weighted by molar-refractivity contribution is -0.695. The summed E-state index contributed by atoms with van der Waals surface area (Å²) in [7, 11) is 0. The molecule has 2 aromatic rings. The number of hydrogen-bond donors (Lipinski definition) is 1. The SMILES string of the molecule is FCC[n+]1ccc2sc(S)nc2c1.O=C([O-])C(F)(F)F. The fourth-order valence-corrected chi connectivity index (χ4v) is 2.22. The molecule has 2 aromatic heterocycles. The number of alkyl halides is 4. The zero-order valence-electron chi connectivity index (χ0n) is 9.72. The van der Waals surface area contributed by atoms with Crippen molar-refractivity contribution in [3.05, 3.63) is 18.5 Å². The summed E-state index contributed by atoms with van der Waals surface area (Å²) in [6, 6.07) is 1.93. The van der Waals surface area contributed by atoms with Crippen LogP contribution < -0.4 is 9.67 Å². The van der Waals surface area contributed by atoms with E-state index in [2.05, 4.69) is 17.6 Å². The van der Waals surface area contributed by atoms with Crippen molar-refractivity contribution in [1.29, 1.82) is 0 Å². The molecule has 0 saturated heterocycles. The van der Waals surface area contributed by atoms with Crippen molar-refractivity contribution in [1.82, 2.24) is 4.98 Å². The second-order valence-electron chi connectivity index (χ2n) is 3.40. The minimum Gasteiger partial charge on any atom is -0.542 e. The van der Waals surface area contributed by atoms with Gasteiger partial charge in [-0.15, -0.1) is 24.0 Å². The summed E-state index contributed by atoms with van der Waals surface area (Å²) in [5.74, 6) is -3.01. The van der Waals surface area contributed by atoms with Crippen LogP contribution in [0, 0.1) is 0 Å². The van der Waals surface area contributed by atoms with E-state index >= 15 is 0 Å². The van der Waals surface area contributed by atoms with Gasteiger partial charge in [-0.2, -0.15) is 13.2 Å². The van der Waals surface area contributed by atoms with Crippen molar-refractivity contribution >= 4 is 40.2 Å². The molecule has 0 saturated carbocycles. The van der Waals surface area contributed by atoms with Crippen molar-refractivity contribution in [2.24, 2.45) is 0 Å². The van der Waals surface area contributed by atoms with Gasteiger partial charge in [0.05, 0.1) is 4.70 Å². The van der Waals surface area contributed by atoms with Gasteiger partial charge >= 0.3 is 6.18 Å². The van der Waals surface area contributed by atoms with Gasteiger partial charge < -0.3 is 9.90 Å². The van der Waals surface area contributed by atoms with Crippen LogP contribution >= 0.6 is 24.0 Å². The largest absolute Gasteiger partial charge is 0.542 e. The number of rotatable bonds is 2. The molecule has 0 spiro atoms. The molecule has 2 heterocycles. The number of aryl methyl sites for hydroxylation is 1. The number of nitrogens with zero attached hydrogens (tertiary/aromatic N) is 2. The molecule has 0 N–H and O–H groups in total. The summed E-state index contributed by atoms with van der Waals surface area (Å²) in [5, 5.41) is 8.78. The van der Waals surface area contributed by atoms with Crippen molar-refractivity contribution in [3.63, 3.8) is 0 Å². The van der Waals surface area contributed by atoms with Crippen LogP contribution in [-0.4, -0.2) is 23.8 Å². The first kappa shape index (κ1) is 16.6. The molecule has 0 unspecified atom stereocenters. The average Bonchev–Trinajstić information content (AvgIpc) is 2.68. The highest BCUT2D eigenvalue weighted by atomic mass is 32.2. The standard InChI is InChI=1S/C8H7FN2S2.C2HF3O2/c9-2-4-11-3-1-7-6(5-11)10-8(12)13-7;3-2(4,5)1(6)7/h1,3,5H,2,4H2;(H,6,7). The number of carbonyl (C=O) groups is 1. The van der Waals surface area contributed by atoms with E-state index < -0.39 is 12.1 Å².